The molecule has 1 aromatic rings. The van der Waals surface area contributed by atoms with Crippen molar-refractivity contribution in [3.8, 4) is 5.75 Å². The molecule has 0 bridgehead atoms. The lowest BCUT2D eigenvalue weighted by atomic mass is 10.0. The fourth-order valence-corrected chi connectivity index (χ4v) is 2.15. The number of hydrogen-bond acceptors (Lipinski definition) is 5. The number of carbonyl (C=O) groups excluding carboxylic acids is 2. The normalized spacial score (nSPS) is 13.0. The Kier molecular flexibility index (Phi) is 8.94. The van der Waals surface area contributed by atoms with Crippen molar-refractivity contribution in [1.82, 2.24) is 5.32 Å². The maximum atomic E-state index is 12.4. The molecule has 0 heterocycles. The molecule has 0 aliphatic carbocycles. The highest BCUT2D eigenvalue weighted by Gasteiger charge is 2.60. The molecule has 0 spiro atoms. The molecule has 0 saturated carbocycles. The van der Waals surface area contributed by atoms with Crippen LogP contribution >= 0.6 is 11.6 Å². The highest BCUT2D eigenvalue weighted by atomic mass is 35.5. The molecular weight excluding hydrogens is 446 g/mol. The summed E-state index contributed by atoms with van der Waals surface area (Å²) < 4.78 is 83.0. The van der Waals surface area contributed by atoms with Gasteiger partial charge in [-0.1, -0.05) is 18.5 Å². The van der Waals surface area contributed by atoms with E-state index in [0.29, 0.717) is 10.8 Å². The summed E-state index contributed by atoms with van der Waals surface area (Å²) in [7, 11) is 0. The summed E-state index contributed by atoms with van der Waals surface area (Å²) in [6.07, 6.45) is -16.6. The number of benzene rings is 1. The van der Waals surface area contributed by atoms with Crippen molar-refractivity contribution < 1.29 is 45.4 Å². The third-order valence-corrected chi connectivity index (χ3v) is 3.70. The average molecular weight is 463 g/mol. The van der Waals surface area contributed by atoms with Gasteiger partial charge >= 0.3 is 18.3 Å². The fourth-order valence-electron chi connectivity index (χ4n) is 2.02. The zero-order valence-corrected chi connectivity index (χ0v) is 16.1. The lowest BCUT2D eigenvalue weighted by molar-refractivity contribution is -0.311. The maximum Gasteiger partial charge on any atom is 0.434 e. The first-order chi connectivity index (χ1) is 13.7. The zero-order valence-electron chi connectivity index (χ0n) is 15.4. The van der Waals surface area contributed by atoms with Crippen LogP contribution in [0.4, 0.5) is 26.3 Å². The minimum atomic E-state index is -5.86. The van der Waals surface area contributed by atoms with Gasteiger partial charge in [-0.25, -0.2) is 4.79 Å². The number of halogens is 7. The van der Waals surface area contributed by atoms with Gasteiger partial charge in [0.25, 0.3) is 12.0 Å². The summed E-state index contributed by atoms with van der Waals surface area (Å²) in [6.45, 7) is 0.945. The molecule has 0 aliphatic heterocycles. The van der Waals surface area contributed by atoms with E-state index >= 15 is 0 Å². The molecule has 0 aromatic heterocycles. The first-order valence-electron chi connectivity index (χ1n) is 8.27. The van der Waals surface area contributed by atoms with E-state index in [1.165, 1.54) is 19.1 Å². The number of carbonyl (C=O) groups is 2. The third-order valence-electron chi connectivity index (χ3n) is 3.45. The lowest BCUT2D eigenvalue weighted by Crippen LogP contribution is -2.46. The molecule has 0 radical (unpaired) electrons. The van der Waals surface area contributed by atoms with Crippen LogP contribution in [-0.2, 0) is 14.3 Å². The predicted octanol–water partition coefficient (Wildman–Crippen LogP) is 3.92. The molecular formula is C17H17ClF6N2O4. The molecule has 1 atom stereocenters. The van der Waals surface area contributed by atoms with Gasteiger partial charge in [0.2, 0.25) is 0 Å². The standard InChI is InChI=1S/C17H17ClF6N2O4/c1-9(7-26-13(27)8-29-11-4-2-10(18)3-5-11)6-12(25)14(28)30-15(16(19,20)21)17(22,23)24/h2-5,9,15,25H,6-8H2,1H3,(H,26,27). The summed E-state index contributed by atoms with van der Waals surface area (Å²) in [6, 6.07) is 6.15. The molecule has 13 heteroatoms. The van der Waals surface area contributed by atoms with E-state index < -0.39 is 48.4 Å². The van der Waals surface area contributed by atoms with Crippen LogP contribution in [0.1, 0.15) is 13.3 Å². The van der Waals surface area contributed by atoms with Crippen molar-refractivity contribution in [1.29, 1.82) is 5.41 Å². The Balaban J connectivity index is 2.44. The molecule has 168 valence electrons. The Labute approximate surface area is 172 Å². The van der Waals surface area contributed by atoms with Crippen LogP contribution in [0.25, 0.3) is 0 Å². The van der Waals surface area contributed by atoms with E-state index in [4.69, 9.17) is 21.7 Å². The van der Waals surface area contributed by atoms with Crippen LogP contribution in [0.2, 0.25) is 5.02 Å². The number of amides is 1. The number of ether oxygens (including phenoxy) is 2. The smallest absolute Gasteiger partial charge is 0.434 e. The van der Waals surface area contributed by atoms with Gasteiger partial charge < -0.3 is 14.8 Å². The van der Waals surface area contributed by atoms with Crippen LogP contribution < -0.4 is 10.1 Å². The monoisotopic (exact) mass is 462 g/mol. The molecule has 30 heavy (non-hydrogen) atoms. The van der Waals surface area contributed by atoms with Crippen molar-refractivity contribution >= 4 is 29.2 Å². The molecule has 0 saturated heterocycles. The maximum absolute atomic E-state index is 12.4. The first-order valence-corrected chi connectivity index (χ1v) is 8.64. The van der Waals surface area contributed by atoms with Gasteiger partial charge in [0.1, 0.15) is 11.5 Å². The molecule has 1 amide bonds. The minimum absolute atomic E-state index is 0.111. The molecule has 1 aromatic carbocycles. The van der Waals surface area contributed by atoms with E-state index in [9.17, 15) is 35.9 Å². The van der Waals surface area contributed by atoms with Crippen LogP contribution in [0.15, 0.2) is 24.3 Å². The molecule has 2 N–H and O–H groups in total. The van der Waals surface area contributed by atoms with E-state index in [1.807, 2.05) is 0 Å². The average Bonchev–Trinajstić information content (AvgIpc) is 2.61. The first kappa shape index (κ1) is 25.5. The highest BCUT2D eigenvalue weighted by molar-refractivity contribution is 6.35. The number of alkyl halides is 6. The number of esters is 1. The van der Waals surface area contributed by atoms with Gasteiger partial charge in [-0.05, 0) is 30.2 Å². The van der Waals surface area contributed by atoms with Crippen molar-refractivity contribution in [2.75, 3.05) is 13.2 Å². The Bertz CT molecular complexity index is 738. The van der Waals surface area contributed by atoms with E-state index in [-0.39, 0.29) is 13.2 Å². The SMILES string of the molecule is CC(CNC(=O)COc1ccc(Cl)cc1)CC(=N)C(=O)OC(C(F)(F)F)C(F)(F)F. The van der Waals surface area contributed by atoms with Crippen molar-refractivity contribution in [2.24, 2.45) is 5.92 Å². The largest absolute Gasteiger partial charge is 0.484 e. The molecule has 1 rings (SSSR count). The fraction of sp³-hybridized carbons (Fsp3) is 0.471. The van der Waals surface area contributed by atoms with Gasteiger partial charge in [0.05, 0.1) is 0 Å². The van der Waals surface area contributed by atoms with Gasteiger partial charge in [-0.3, -0.25) is 10.2 Å². The predicted molar refractivity (Wildman–Crippen MR) is 93.5 cm³/mol. The molecule has 0 fully saturated rings. The summed E-state index contributed by atoms with van der Waals surface area (Å²) in [5.74, 6) is -2.89. The second kappa shape index (κ2) is 10.5. The zero-order chi connectivity index (χ0) is 23.1. The highest BCUT2D eigenvalue weighted by Crippen LogP contribution is 2.35. The summed E-state index contributed by atoms with van der Waals surface area (Å²) in [4.78, 5) is 23.2. The van der Waals surface area contributed by atoms with E-state index in [0.717, 1.165) is 0 Å². The number of nitrogens with one attached hydrogen (secondary N) is 2. The summed E-state index contributed by atoms with van der Waals surface area (Å²) >= 11 is 5.70. The lowest BCUT2D eigenvalue weighted by Gasteiger charge is -2.23. The van der Waals surface area contributed by atoms with Gasteiger partial charge in [-0.15, -0.1) is 0 Å². The van der Waals surface area contributed by atoms with Crippen molar-refractivity contribution in [3.63, 3.8) is 0 Å². The number of hydrogen-bond donors (Lipinski definition) is 2. The molecule has 0 aliphatic rings. The molecule has 1 unspecified atom stereocenters. The Morgan fingerprint density at radius 1 is 1.10 bits per heavy atom. The van der Waals surface area contributed by atoms with Crippen LogP contribution in [0.3, 0.4) is 0 Å². The van der Waals surface area contributed by atoms with Crippen molar-refractivity contribution in [2.45, 2.75) is 31.8 Å². The van der Waals surface area contributed by atoms with Crippen LogP contribution in [0, 0.1) is 11.3 Å². The third kappa shape index (κ3) is 8.89. The topological polar surface area (TPSA) is 88.5 Å². The van der Waals surface area contributed by atoms with Gasteiger partial charge in [0, 0.05) is 18.0 Å². The summed E-state index contributed by atoms with van der Waals surface area (Å²) in [5, 5.41) is 10.2. The molecule has 6 nitrogen and oxygen atoms in total. The van der Waals surface area contributed by atoms with Gasteiger partial charge in [0.15, 0.2) is 6.61 Å². The van der Waals surface area contributed by atoms with Crippen molar-refractivity contribution in [3.05, 3.63) is 29.3 Å². The van der Waals surface area contributed by atoms with E-state index in [2.05, 4.69) is 10.1 Å². The summed E-state index contributed by atoms with van der Waals surface area (Å²) in [5.41, 5.74) is -1.09. The van der Waals surface area contributed by atoms with Crippen LogP contribution in [-0.4, -0.2) is 49.2 Å². The van der Waals surface area contributed by atoms with E-state index in [1.54, 1.807) is 12.1 Å². The van der Waals surface area contributed by atoms with Gasteiger partial charge in [-0.2, -0.15) is 26.3 Å². The van der Waals surface area contributed by atoms with Crippen LogP contribution in [0.5, 0.6) is 5.75 Å². The second-order valence-corrected chi connectivity index (χ2v) is 6.64. The Hall–Kier alpha value is -2.50. The second-order valence-electron chi connectivity index (χ2n) is 6.20. The Morgan fingerprint density at radius 3 is 2.13 bits per heavy atom. The quantitative estimate of drug-likeness (QED) is 0.331. The minimum Gasteiger partial charge on any atom is -0.484 e. The number of rotatable bonds is 9. The Morgan fingerprint density at radius 2 is 1.63 bits per heavy atom.